The Morgan fingerprint density at radius 1 is 0.618 bits per heavy atom. The summed E-state index contributed by atoms with van der Waals surface area (Å²) in [6, 6.07) is 37.1. The van der Waals surface area contributed by atoms with Gasteiger partial charge in [-0.05, 0) is 49.2 Å². The van der Waals surface area contributed by atoms with Crippen molar-refractivity contribution in [2.75, 3.05) is 5.32 Å². The summed E-state index contributed by atoms with van der Waals surface area (Å²) in [7, 11) is 0. The third-order valence-electron chi connectivity index (χ3n) is 5.77. The van der Waals surface area contributed by atoms with Crippen LogP contribution < -0.4 is 5.32 Å². The van der Waals surface area contributed by atoms with E-state index in [0.717, 1.165) is 28.3 Å². The molecular formula is C30H26N4. The molecular weight excluding hydrogens is 416 g/mol. The highest BCUT2D eigenvalue weighted by Gasteiger charge is 2.27. The molecule has 0 radical (unpaired) electrons. The molecule has 0 spiro atoms. The second-order valence-corrected chi connectivity index (χ2v) is 8.45. The largest absolute Gasteiger partial charge is 0.337 e. The van der Waals surface area contributed by atoms with E-state index in [9.17, 15) is 0 Å². The Hall–Kier alpha value is -4.31. The maximum absolute atomic E-state index is 4.98. The van der Waals surface area contributed by atoms with Crippen LogP contribution in [0.4, 0.5) is 11.4 Å². The molecule has 4 heteroatoms. The lowest BCUT2D eigenvalue weighted by atomic mass is 9.90. The van der Waals surface area contributed by atoms with Crippen molar-refractivity contribution in [1.82, 2.24) is 0 Å². The molecule has 0 saturated carbocycles. The van der Waals surface area contributed by atoms with Crippen molar-refractivity contribution in [3.8, 4) is 0 Å². The summed E-state index contributed by atoms with van der Waals surface area (Å²) < 4.78 is 0. The van der Waals surface area contributed by atoms with Gasteiger partial charge in [-0.25, -0.2) is 15.0 Å². The first-order valence-corrected chi connectivity index (χ1v) is 11.4. The van der Waals surface area contributed by atoms with Crippen LogP contribution in [0.3, 0.4) is 0 Å². The van der Waals surface area contributed by atoms with Crippen molar-refractivity contribution < 1.29 is 0 Å². The van der Waals surface area contributed by atoms with Crippen LogP contribution >= 0.6 is 0 Å². The predicted octanol–water partition coefficient (Wildman–Crippen LogP) is 7.09. The van der Waals surface area contributed by atoms with Crippen LogP contribution in [0.1, 0.15) is 28.2 Å². The van der Waals surface area contributed by atoms with Crippen LogP contribution in [0, 0.1) is 13.8 Å². The second-order valence-electron chi connectivity index (χ2n) is 8.45. The van der Waals surface area contributed by atoms with Crippen molar-refractivity contribution in [3.05, 3.63) is 131 Å². The zero-order valence-corrected chi connectivity index (χ0v) is 19.3. The fourth-order valence-electron chi connectivity index (χ4n) is 3.94. The Kier molecular flexibility index (Phi) is 6.13. The van der Waals surface area contributed by atoms with Crippen molar-refractivity contribution >= 4 is 28.9 Å². The minimum Gasteiger partial charge on any atom is -0.337 e. The smallest absolute Gasteiger partial charge is 0.198 e. The molecule has 0 aromatic heterocycles. The first-order chi connectivity index (χ1) is 16.7. The Labute approximate surface area is 200 Å². The van der Waals surface area contributed by atoms with Gasteiger partial charge in [0.2, 0.25) is 0 Å². The molecule has 1 N–H and O–H groups in total. The third-order valence-corrected chi connectivity index (χ3v) is 5.77. The number of nitrogens with one attached hydrogen (secondary N) is 1. The highest BCUT2D eigenvalue weighted by atomic mass is 15.2. The molecule has 0 fully saturated rings. The van der Waals surface area contributed by atoms with E-state index < -0.39 is 0 Å². The standard InChI is InChI=1S/C30H26N4/c1-21-13-17-25(18-14-21)31-29-30(32-26-19-15-22(2)16-20-26)34-28(33-29)27(23-9-5-3-6-10-23)24-11-7-4-8-12-24/h3-20,27H,1-2H3,(H,31,32,33,34). The number of nitrogens with zero attached hydrogens (tertiary/aromatic N) is 3. The van der Waals surface area contributed by atoms with Gasteiger partial charge in [-0.2, -0.15) is 0 Å². The van der Waals surface area contributed by atoms with Gasteiger partial charge in [0.15, 0.2) is 11.7 Å². The highest BCUT2D eigenvalue weighted by Crippen LogP contribution is 2.29. The summed E-state index contributed by atoms with van der Waals surface area (Å²) in [5.74, 6) is 1.85. The normalized spacial score (nSPS) is 14.3. The molecule has 5 rings (SSSR count). The second kappa shape index (κ2) is 9.67. The molecule has 4 aromatic rings. The lowest BCUT2D eigenvalue weighted by molar-refractivity contribution is 1.06. The van der Waals surface area contributed by atoms with E-state index >= 15 is 0 Å². The Morgan fingerprint density at radius 2 is 1.15 bits per heavy atom. The van der Waals surface area contributed by atoms with Gasteiger partial charge in [0.1, 0.15) is 5.84 Å². The fourth-order valence-corrected chi connectivity index (χ4v) is 3.94. The van der Waals surface area contributed by atoms with Crippen LogP contribution in [0.25, 0.3) is 0 Å². The van der Waals surface area contributed by atoms with Crippen LogP contribution in [-0.2, 0) is 0 Å². The molecule has 4 aromatic carbocycles. The van der Waals surface area contributed by atoms with Gasteiger partial charge in [-0.3, -0.25) is 0 Å². The first kappa shape index (κ1) is 21.5. The molecule has 1 heterocycles. The molecule has 0 atom stereocenters. The van der Waals surface area contributed by atoms with Crippen molar-refractivity contribution in [2.24, 2.45) is 15.0 Å². The summed E-state index contributed by atoms with van der Waals surface area (Å²) in [5.41, 5.74) is 6.48. The Morgan fingerprint density at radius 3 is 1.71 bits per heavy atom. The number of rotatable bonds is 5. The van der Waals surface area contributed by atoms with E-state index in [1.54, 1.807) is 0 Å². The number of aliphatic imine (C=N–C) groups is 3. The van der Waals surface area contributed by atoms with Gasteiger partial charge in [0, 0.05) is 5.69 Å². The topological polar surface area (TPSA) is 49.1 Å². The van der Waals surface area contributed by atoms with E-state index in [2.05, 4.69) is 92.0 Å². The van der Waals surface area contributed by atoms with Gasteiger partial charge in [0.25, 0.3) is 0 Å². The summed E-state index contributed by atoms with van der Waals surface area (Å²) in [6.07, 6.45) is 0. The number of anilines is 1. The van der Waals surface area contributed by atoms with E-state index in [1.165, 1.54) is 11.1 Å². The SMILES string of the molecule is Cc1ccc(N=C2N=C(C(c3ccccc3)c3ccccc3)N=C2Nc2ccc(C)cc2)cc1. The van der Waals surface area contributed by atoms with Crippen LogP contribution in [-0.4, -0.2) is 17.5 Å². The first-order valence-electron chi connectivity index (χ1n) is 11.4. The highest BCUT2D eigenvalue weighted by molar-refractivity contribution is 6.51. The summed E-state index contributed by atoms with van der Waals surface area (Å²) >= 11 is 0. The molecule has 0 saturated heterocycles. The van der Waals surface area contributed by atoms with E-state index in [-0.39, 0.29) is 5.92 Å². The maximum Gasteiger partial charge on any atom is 0.198 e. The summed E-state index contributed by atoms with van der Waals surface area (Å²) in [4.78, 5) is 14.8. The number of benzene rings is 4. The molecule has 4 nitrogen and oxygen atoms in total. The zero-order chi connectivity index (χ0) is 23.3. The Balaban J connectivity index is 1.59. The molecule has 0 aliphatic carbocycles. The van der Waals surface area contributed by atoms with E-state index in [4.69, 9.17) is 15.0 Å². The number of hydrogen-bond donors (Lipinski definition) is 1. The van der Waals surface area contributed by atoms with Crippen molar-refractivity contribution in [3.63, 3.8) is 0 Å². The predicted molar refractivity (Wildman–Crippen MR) is 143 cm³/mol. The van der Waals surface area contributed by atoms with Crippen LogP contribution in [0.2, 0.25) is 0 Å². The fraction of sp³-hybridized carbons (Fsp3) is 0.100. The van der Waals surface area contributed by atoms with Gasteiger partial charge in [-0.15, -0.1) is 0 Å². The quantitative estimate of drug-likeness (QED) is 0.352. The number of hydrogen-bond acceptors (Lipinski definition) is 3. The molecule has 0 amide bonds. The summed E-state index contributed by atoms with van der Waals surface area (Å²) in [6.45, 7) is 4.14. The average Bonchev–Trinajstić information content (AvgIpc) is 3.25. The average molecular weight is 443 g/mol. The lowest BCUT2D eigenvalue weighted by Gasteiger charge is -2.16. The van der Waals surface area contributed by atoms with Crippen molar-refractivity contribution in [1.29, 1.82) is 0 Å². The van der Waals surface area contributed by atoms with Crippen molar-refractivity contribution in [2.45, 2.75) is 19.8 Å². The monoisotopic (exact) mass is 442 g/mol. The van der Waals surface area contributed by atoms with Gasteiger partial charge in [-0.1, -0.05) is 96.1 Å². The molecule has 0 bridgehead atoms. The van der Waals surface area contributed by atoms with Crippen LogP contribution in [0.15, 0.2) is 124 Å². The van der Waals surface area contributed by atoms with E-state index in [1.807, 2.05) is 36.4 Å². The minimum absolute atomic E-state index is 0.0945. The molecule has 1 aliphatic heterocycles. The minimum atomic E-state index is -0.0945. The summed E-state index contributed by atoms with van der Waals surface area (Å²) in [5, 5.41) is 3.44. The van der Waals surface area contributed by atoms with Gasteiger partial charge >= 0.3 is 0 Å². The number of aryl methyl sites for hydroxylation is 2. The maximum atomic E-state index is 4.98. The number of amidine groups is 3. The van der Waals surface area contributed by atoms with Gasteiger partial charge < -0.3 is 5.32 Å². The molecule has 0 unspecified atom stereocenters. The van der Waals surface area contributed by atoms with Crippen LogP contribution in [0.5, 0.6) is 0 Å². The van der Waals surface area contributed by atoms with E-state index in [0.29, 0.717) is 11.7 Å². The third kappa shape index (κ3) is 4.86. The lowest BCUT2D eigenvalue weighted by Crippen LogP contribution is -2.18. The molecule has 166 valence electrons. The zero-order valence-electron chi connectivity index (χ0n) is 19.3. The molecule has 1 aliphatic rings. The van der Waals surface area contributed by atoms with Gasteiger partial charge in [0.05, 0.1) is 11.6 Å². The molecule has 34 heavy (non-hydrogen) atoms. The Bertz CT molecular complexity index is 1310.